The minimum Gasteiger partial charge on any atom is -0.473 e. The third-order valence-corrected chi connectivity index (χ3v) is 3.33. The fraction of sp³-hybridized carbons (Fsp3) is 0.400. The first kappa shape index (κ1) is 10.3. The van der Waals surface area contributed by atoms with E-state index in [-0.39, 0.29) is 6.10 Å². The van der Waals surface area contributed by atoms with Crippen molar-refractivity contribution in [3.63, 3.8) is 0 Å². The molecular weight excluding hydrogens is 212 g/mol. The molecule has 1 aromatic rings. The number of nitrogens with two attached hydrogens (primary N) is 1. The Hall–Kier alpha value is -1.23. The number of rotatable bonds is 3. The molecule has 4 nitrogen and oxygen atoms in total. The van der Waals surface area contributed by atoms with Gasteiger partial charge in [-0.25, -0.2) is 4.98 Å². The molecule has 1 aromatic heterocycles. The summed E-state index contributed by atoms with van der Waals surface area (Å²) in [5, 5.41) is 0. The van der Waals surface area contributed by atoms with Gasteiger partial charge in [-0.15, -0.1) is 0 Å². The zero-order valence-electron chi connectivity index (χ0n) is 8.18. The van der Waals surface area contributed by atoms with Crippen molar-refractivity contribution < 1.29 is 9.53 Å². The average molecular weight is 224 g/mol. The Bertz CT molecular complexity index is 364. The first-order chi connectivity index (χ1) is 7.27. The Morgan fingerprint density at radius 1 is 1.67 bits per heavy atom. The number of amides is 1. The largest absolute Gasteiger partial charge is 0.473 e. The zero-order chi connectivity index (χ0) is 10.7. The van der Waals surface area contributed by atoms with E-state index in [9.17, 15) is 4.79 Å². The Morgan fingerprint density at radius 2 is 2.53 bits per heavy atom. The van der Waals surface area contributed by atoms with E-state index in [1.807, 2.05) is 11.8 Å². The fourth-order valence-electron chi connectivity index (χ4n) is 1.44. The summed E-state index contributed by atoms with van der Waals surface area (Å²) in [5.41, 5.74) is 5.58. The molecule has 80 valence electrons. The smallest absolute Gasteiger partial charge is 0.254 e. The third-order valence-electron chi connectivity index (χ3n) is 2.20. The van der Waals surface area contributed by atoms with Gasteiger partial charge in [0.05, 0.1) is 0 Å². The maximum atomic E-state index is 11.1. The number of nitrogens with zero attached hydrogens (tertiary/aromatic N) is 1. The molecule has 0 spiro atoms. The third kappa shape index (κ3) is 2.41. The number of carbonyl (C=O) groups is 1. The summed E-state index contributed by atoms with van der Waals surface area (Å²) in [4.78, 5) is 15.1. The molecule has 1 fully saturated rings. The zero-order valence-corrected chi connectivity index (χ0v) is 9.00. The number of hydrogen-bond acceptors (Lipinski definition) is 4. The fourth-order valence-corrected chi connectivity index (χ4v) is 2.53. The molecule has 0 aliphatic carbocycles. The van der Waals surface area contributed by atoms with Gasteiger partial charge in [-0.2, -0.15) is 11.8 Å². The lowest BCUT2D eigenvalue weighted by atomic mass is 10.2. The summed E-state index contributed by atoms with van der Waals surface area (Å²) in [6, 6.07) is 3.31. The van der Waals surface area contributed by atoms with Crippen LogP contribution in [0.4, 0.5) is 0 Å². The summed E-state index contributed by atoms with van der Waals surface area (Å²) < 4.78 is 5.63. The number of aromatic nitrogens is 1. The van der Waals surface area contributed by atoms with E-state index < -0.39 is 5.91 Å². The predicted octanol–water partition coefficient (Wildman–Crippen LogP) is 1.06. The van der Waals surface area contributed by atoms with Crippen LogP contribution in [0, 0.1) is 0 Å². The van der Waals surface area contributed by atoms with Crippen LogP contribution in [0.25, 0.3) is 0 Å². The predicted molar refractivity (Wildman–Crippen MR) is 59.1 cm³/mol. The summed E-state index contributed by atoms with van der Waals surface area (Å²) in [6.45, 7) is 0. The molecule has 0 radical (unpaired) electrons. The van der Waals surface area contributed by atoms with Crippen LogP contribution in [0.15, 0.2) is 18.3 Å². The van der Waals surface area contributed by atoms with E-state index in [0.717, 1.165) is 17.9 Å². The molecule has 0 saturated carbocycles. The molecule has 2 rings (SSSR count). The highest BCUT2D eigenvalue weighted by molar-refractivity contribution is 7.99. The average Bonchev–Trinajstić information content (AvgIpc) is 2.71. The summed E-state index contributed by atoms with van der Waals surface area (Å²) in [5.74, 6) is 1.92. The summed E-state index contributed by atoms with van der Waals surface area (Å²) >= 11 is 1.85. The van der Waals surface area contributed by atoms with E-state index in [4.69, 9.17) is 10.5 Å². The van der Waals surface area contributed by atoms with Gasteiger partial charge in [-0.3, -0.25) is 4.79 Å². The van der Waals surface area contributed by atoms with Crippen molar-refractivity contribution in [3.05, 3.63) is 23.9 Å². The molecule has 1 aliphatic rings. The molecule has 2 N–H and O–H groups in total. The van der Waals surface area contributed by atoms with Crippen LogP contribution in [-0.2, 0) is 0 Å². The number of thioether (sulfide) groups is 1. The van der Waals surface area contributed by atoms with Crippen LogP contribution < -0.4 is 10.5 Å². The van der Waals surface area contributed by atoms with E-state index in [1.165, 1.54) is 0 Å². The van der Waals surface area contributed by atoms with E-state index in [1.54, 1.807) is 18.3 Å². The van der Waals surface area contributed by atoms with Crippen molar-refractivity contribution in [2.24, 2.45) is 5.73 Å². The molecule has 1 saturated heterocycles. The van der Waals surface area contributed by atoms with Gasteiger partial charge in [0.2, 0.25) is 5.88 Å². The molecule has 1 atom stereocenters. The quantitative estimate of drug-likeness (QED) is 0.834. The number of ether oxygens (including phenoxy) is 1. The minimum absolute atomic E-state index is 0.156. The molecule has 0 unspecified atom stereocenters. The van der Waals surface area contributed by atoms with Crippen LogP contribution in [-0.4, -0.2) is 28.5 Å². The van der Waals surface area contributed by atoms with Crippen LogP contribution >= 0.6 is 11.8 Å². The summed E-state index contributed by atoms with van der Waals surface area (Å²) in [7, 11) is 0. The van der Waals surface area contributed by atoms with Crippen molar-refractivity contribution in [2.45, 2.75) is 12.5 Å². The van der Waals surface area contributed by atoms with Crippen LogP contribution in [0.3, 0.4) is 0 Å². The van der Waals surface area contributed by atoms with Gasteiger partial charge in [-0.1, -0.05) is 0 Å². The molecule has 5 heteroatoms. The van der Waals surface area contributed by atoms with Gasteiger partial charge in [0, 0.05) is 11.9 Å². The van der Waals surface area contributed by atoms with Gasteiger partial charge < -0.3 is 10.5 Å². The first-order valence-electron chi connectivity index (χ1n) is 4.76. The number of primary amides is 1. The highest BCUT2D eigenvalue weighted by Gasteiger charge is 2.20. The second kappa shape index (κ2) is 4.53. The lowest BCUT2D eigenvalue weighted by Gasteiger charge is -2.12. The van der Waals surface area contributed by atoms with E-state index in [0.29, 0.717) is 11.4 Å². The van der Waals surface area contributed by atoms with Crippen molar-refractivity contribution in [1.29, 1.82) is 0 Å². The molecule has 0 aromatic carbocycles. The van der Waals surface area contributed by atoms with E-state index in [2.05, 4.69) is 4.98 Å². The normalized spacial score (nSPS) is 20.1. The SMILES string of the molecule is NC(=O)c1cccnc1O[C@@H]1CCSC1. The van der Waals surface area contributed by atoms with Crippen molar-refractivity contribution in [1.82, 2.24) is 4.98 Å². The molecule has 2 heterocycles. The van der Waals surface area contributed by atoms with Crippen LogP contribution in [0.5, 0.6) is 5.88 Å². The Balaban J connectivity index is 2.15. The Kier molecular flexibility index (Phi) is 3.11. The number of pyridine rings is 1. The maximum Gasteiger partial charge on any atom is 0.254 e. The summed E-state index contributed by atoms with van der Waals surface area (Å²) in [6.07, 6.45) is 2.76. The Labute approximate surface area is 92.2 Å². The van der Waals surface area contributed by atoms with Crippen molar-refractivity contribution in [3.8, 4) is 5.88 Å². The molecule has 1 amide bonds. The van der Waals surface area contributed by atoms with Gasteiger partial charge in [0.1, 0.15) is 11.7 Å². The monoisotopic (exact) mass is 224 g/mol. The van der Waals surface area contributed by atoms with Gasteiger partial charge in [0.25, 0.3) is 5.91 Å². The van der Waals surface area contributed by atoms with Crippen molar-refractivity contribution in [2.75, 3.05) is 11.5 Å². The molecule has 0 bridgehead atoms. The minimum atomic E-state index is -0.497. The van der Waals surface area contributed by atoms with Gasteiger partial charge in [-0.05, 0) is 24.3 Å². The molecule has 1 aliphatic heterocycles. The van der Waals surface area contributed by atoms with Crippen LogP contribution in [0.2, 0.25) is 0 Å². The maximum absolute atomic E-state index is 11.1. The highest BCUT2D eigenvalue weighted by atomic mass is 32.2. The number of hydrogen-bond donors (Lipinski definition) is 1. The van der Waals surface area contributed by atoms with Gasteiger partial charge >= 0.3 is 0 Å². The molecule has 15 heavy (non-hydrogen) atoms. The van der Waals surface area contributed by atoms with E-state index >= 15 is 0 Å². The topological polar surface area (TPSA) is 65.2 Å². The second-order valence-corrected chi connectivity index (χ2v) is 4.47. The number of carbonyl (C=O) groups excluding carboxylic acids is 1. The Morgan fingerprint density at radius 3 is 3.20 bits per heavy atom. The standard InChI is InChI=1S/C10H12N2O2S/c11-9(13)8-2-1-4-12-10(8)14-7-3-5-15-6-7/h1-2,4,7H,3,5-6H2,(H2,11,13)/t7-/m1/s1. The molecular formula is C10H12N2O2S. The lowest BCUT2D eigenvalue weighted by molar-refractivity contribution is 0.0992. The second-order valence-electron chi connectivity index (χ2n) is 3.32. The van der Waals surface area contributed by atoms with Gasteiger partial charge in [0.15, 0.2) is 0 Å². The first-order valence-corrected chi connectivity index (χ1v) is 5.92. The lowest BCUT2D eigenvalue weighted by Crippen LogP contribution is -2.20. The van der Waals surface area contributed by atoms with Crippen molar-refractivity contribution >= 4 is 17.7 Å². The highest BCUT2D eigenvalue weighted by Crippen LogP contribution is 2.23. The van der Waals surface area contributed by atoms with Crippen LogP contribution in [0.1, 0.15) is 16.8 Å².